The summed E-state index contributed by atoms with van der Waals surface area (Å²) in [4.78, 5) is 28.7. The number of anilines is 1. The number of halogens is 2. The lowest BCUT2D eigenvalue weighted by molar-refractivity contribution is 0.185. The van der Waals surface area contributed by atoms with E-state index in [1.807, 2.05) is 0 Å². The number of rotatable bonds is 3. The molecule has 1 saturated carbocycles. The van der Waals surface area contributed by atoms with Crippen LogP contribution in [0.15, 0.2) is 41.3 Å². The molecule has 5 rings (SSSR count). The molecule has 2 aromatic heterocycles. The van der Waals surface area contributed by atoms with Crippen molar-refractivity contribution in [3.63, 3.8) is 0 Å². The quantitative estimate of drug-likeness (QED) is 0.718. The highest BCUT2D eigenvalue weighted by Gasteiger charge is 2.33. The van der Waals surface area contributed by atoms with Gasteiger partial charge in [0.25, 0.3) is 5.56 Å². The summed E-state index contributed by atoms with van der Waals surface area (Å²) in [6.07, 6.45) is 4.24. The van der Waals surface area contributed by atoms with Gasteiger partial charge in [0, 0.05) is 38.1 Å². The van der Waals surface area contributed by atoms with E-state index in [2.05, 4.69) is 24.8 Å². The number of H-pyrrole nitrogens is 1. The minimum absolute atomic E-state index is 0.203. The zero-order valence-corrected chi connectivity index (χ0v) is 16.5. The van der Waals surface area contributed by atoms with Crippen LogP contribution in [0.5, 0.6) is 0 Å². The lowest BCUT2D eigenvalue weighted by atomic mass is 10.1. The molecule has 6 nitrogen and oxygen atoms in total. The lowest BCUT2D eigenvalue weighted by Crippen LogP contribution is -2.50. The van der Waals surface area contributed by atoms with Crippen LogP contribution in [-0.4, -0.2) is 52.1 Å². The maximum atomic E-state index is 13.4. The van der Waals surface area contributed by atoms with Crippen LogP contribution in [0.2, 0.25) is 0 Å². The summed E-state index contributed by atoms with van der Waals surface area (Å²) in [5.41, 5.74) is 0.261. The number of hydrogen-bond acceptors (Lipinski definition) is 5. The van der Waals surface area contributed by atoms with Crippen molar-refractivity contribution in [2.45, 2.75) is 31.2 Å². The van der Waals surface area contributed by atoms with Crippen LogP contribution in [-0.2, 0) is 0 Å². The molecule has 1 N–H and O–H groups in total. The molecule has 3 aromatic rings. The normalized spacial score (nSPS) is 22.7. The van der Waals surface area contributed by atoms with E-state index in [4.69, 9.17) is 0 Å². The van der Waals surface area contributed by atoms with Gasteiger partial charge in [0.2, 0.25) is 0 Å². The Balaban J connectivity index is 1.24. The fourth-order valence-corrected chi connectivity index (χ4v) is 4.73. The predicted molar refractivity (Wildman–Crippen MR) is 111 cm³/mol. The third kappa shape index (κ3) is 3.67. The SMILES string of the molecule is O=c1[nH]c([C@@H]2CC[C@@H](N3CCN(c4ccc(F)cn4)CC3)C2)nc2ccc(F)cc12. The first-order chi connectivity index (χ1) is 14.6. The van der Waals surface area contributed by atoms with Crippen LogP contribution in [0.3, 0.4) is 0 Å². The van der Waals surface area contributed by atoms with Crippen LogP contribution >= 0.6 is 0 Å². The molecule has 0 bridgehead atoms. The molecular weight excluding hydrogens is 388 g/mol. The summed E-state index contributed by atoms with van der Waals surface area (Å²) >= 11 is 0. The van der Waals surface area contributed by atoms with Crippen molar-refractivity contribution in [3.05, 3.63) is 64.3 Å². The second-order valence-corrected chi connectivity index (χ2v) is 8.13. The van der Waals surface area contributed by atoms with Gasteiger partial charge in [0.1, 0.15) is 23.3 Å². The standard InChI is InChI=1S/C22H23F2N5O/c23-15-2-5-19-18(12-15)22(30)27-21(26-19)14-1-4-17(11-14)28-7-9-29(10-8-28)20-6-3-16(24)13-25-20/h2-3,5-6,12-14,17H,1,4,7-11H2,(H,26,27,30)/t14-,17-/m1/s1. The number of piperazine rings is 1. The summed E-state index contributed by atoms with van der Waals surface area (Å²) in [5, 5.41) is 0.291. The Morgan fingerprint density at radius 3 is 2.57 bits per heavy atom. The zero-order chi connectivity index (χ0) is 20.7. The third-order valence-corrected chi connectivity index (χ3v) is 6.34. The van der Waals surface area contributed by atoms with Crippen molar-refractivity contribution in [1.29, 1.82) is 0 Å². The Hall–Kier alpha value is -2.87. The van der Waals surface area contributed by atoms with E-state index in [9.17, 15) is 13.6 Å². The molecule has 0 radical (unpaired) electrons. The van der Waals surface area contributed by atoms with E-state index in [0.717, 1.165) is 51.3 Å². The van der Waals surface area contributed by atoms with E-state index in [1.165, 1.54) is 24.4 Å². The minimum atomic E-state index is -0.432. The number of fused-ring (bicyclic) bond motifs is 1. The molecule has 1 saturated heterocycles. The minimum Gasteiger partial charge on any atom is -0.354 e. The third-order valence-electron chi connectivity index (χ3n) is 6.34. The van der Waals surface area contributed by atoms with E-state index in [0.29, 0.717) is 22.8 Å². The van der Waals surface area contributed by atoms with Crippen LogP contribution in [0.1, 0.15) is 31.0 Å². The summed E-state index contributed by atoms with van der Waals surface area (Å²) in [7, 11) is 0. The predicted octanol–water partition coefficient (Wildman–Crippen LogP) is 3.05. The maximum Gasteiger partial charge on any atom is 0.258 e. The van der Waals surface area contributed by atoms with Crippen LogP contribution < -0.4 is 10.5 Å². The molecule has 0 unspecified atom stereocenters. The number of aromatic nitrogens is 3. The van der Waals surface area contributed by atoms with Crippen LogP contribution in [0.4, 0.5) is 14.6 Å². The zero-order valence-electron chi connectivity index (χ0n) is 16.5. The van der Waals surface area contributed by atoms with E-state index >= 15 is 0 Å². The molecule has 30 heavy (non-hydrogen) atoms. The van der Waals surface area contributed by atoms with Gasteiger partial charge in [0.15, 0.2) is 0 Å². The van der Waals surface area contributed by atoms with Crippen molar-refractivity contribution < 1.29 is 8.78 Å². The fourth-order valence-electron chi connectivity index (χ4n) is 4.73. The molecule has 1 aliphatic heterocycles. The van der Waals surface area contributed by atoms with Crippen molar-refractivity contribution >= 4 is 16.7 Å². The van der Waals surface area contributed by atoms with Crippen molar-refractivity contribution in [1.82, 2.24) is 19.9 Å². The Labute approximate surface area is 172 Å². The number of aromatic amines is 1. The highest BCUT2D eigenvalue weighted by molar-refractivity contribution is 5.77. The average Bonchev–Trinajstić information content (AvgIpc) is 3.25. The molecule has 2 atom stereocenters. The summed E-state index contributed by atoms with van der Waals surface area (Å²) < 4.78 is 26.5. The summed E-state index contributed by atoms with van der Waals surface area (Å²) in [6, 6.07) is 7.76. The first kappa shape index (κ1) is 19.1. The summed E-state index contributed by atoms with van der Waals surface area (Å²) in [5.74, 6) is 0.970. The molecule has 3 heterocycles. The second kappa shape index (κ2) is 7.75. The van der Waals surface area contributed by atoms with Crippen LogP contribution in [0.25, 0.3) is 10.9 Å². The summed E-state index contributed by atoms with van der Waals surface area (Å²) in [6.45, 7) is 3.57. The maximum absolute atomic E-state index is 13.4. The van der Waals surface area contributed by atoms with Crippen LogP contribution in [0, 0.1) is 11.6 Å². The van der Waals surface area contributed by atoms with E-state index < -0.39 is 5.82 Å². The van der Waals surface area contributed by atoms with E-state index in [1.54, 1.807) is 12.1 Å². The van der Waals surface area contributed by atoms with Gasteiger partial charge >= 0.3 is 0 Å². The molecule has 8 heteroatoms. The number of benzene rings is 1. The Morgan fingerprint density at radius 2 is 1.80 bits per heavy atom. The van der Waals surface area contributed by atoms with Crippen molar-refractivity contribution in [3.8, 4) is 0 Å². The molecule has 1 aliphatic carbocycles. The van der Waals surface area contributed by atoms with Gasteiger partial charge in [-0.3, -0.25) is 9.69 Å². The topological polar surface area (TPSA) is 65.1 Å². The van der Waals surface area contributed by atoms with Crippen molar-refractivity contribution in [2.24, 2.45) is 0 Å². The Kier molecular flexibility index (Phi) is 4.94. The highest BCUT2D eigenvalue weighted by atomic mass is 19.1. The van der Waals surface area contributed by atoms with Gasteiger partial charge in [-0.15, -0.1) is 0 Å². The Bertz CT molecular complexity index is 1110. The number of pyridine rings is 1. The molecule has 2 aliphatic rings. The monoisotopic (exact) mass is 411 g/mol. The van der Waals surface area contributed by atoms with E-state index in [-0.39, 0.29) is 17.3 Å². The van der Waals surface area contributed by atoms with Gasteiger partial charge in [-0.05, 0) is 49.6 Å². The molecule has 0 spiro atoms. The van der Waals surface area contributed by atoms with Gasteiger partial charge in [-0.25, -0.2) is 18.7 Å². The molecule has 156 valence electrons. The van der Waals surface area contributed by atoms with Gasteiger partial charge in [0.05, 0.1) is 17.1 Å². The van der Waals surface area contributed by atoms with Gasteiger partial charge in [-0.2, -0.15) is 0 Å². The molecule has 2 fully saturated rings. The Morgan fingerprint density at radius 1 is 1.00 bits per heavy atom. The smallest absolute Gasteiger partial charge is 0.258 e. The first-order valence-electron chi connectivity index (χ1n) is 10.4. The fraction of sp³-hybridized carbons (Fsp3) is 0.409. The number of nitrogens with zero attached hydrogens (tertiary/aromatic N) is 4. The first-order valence-corrected chi connectivity index (χ1v) is 10.4. The van der Waals surface area contributed by atoms with Crippen molar-refractivity contribution in [2.75, 3.05) is 31.1 Å². The number of nitrogens with one attached hydrogen (secondary N) is 1. The second-order valence-electron chi connectivity index (χ2n) is 8.13. The van der Waals surface area contributed by atoms with Gasteiger partial charge in [-0.1, -0.05) is 0 Å². The number of hydrogen-bond donors (Lipinski definition) is 1. The highest BCUT2D eigenvalue weighted by Crippen LogP contribution is 2.36. The lowest BCUT2D eigenvalue weighted by Gasteiger charge is -2.38. The molecule has 0 amide bonds. The molecular formula is C22H23F2N5O. The van der Waals surface area contributed by atoms with Gasteiger partial charge < -0.3 is 9.88 Å². The largest absolute Gasteiger partial charge is 0.354 e. The molecule has 1 aromatic carbocycles. The average molecular weight is 411 g/mol.